The van der Waals surface area contributed by atoms with Crippen LogP contribution in [0.4, 0.5) is 5.13 Å². The van der Waals surface area contributed by atoms with Gasteiger partial charge in [0.1, 0.15) is 5.82 Å². The average molecular weight is 277 g/mol. The second kappa shape index (κ2) is 5.48. The molecule has 1 fully saturated rings. The molecule has 0 saturated carbocycles. The highest BCUT2D eigenvalue weighted by Crippen LogP contribution is 2.25. The van der Waals surface area contributed by atoms with Crippen molar-refractivity contribution in [3.05, 3.63) is 24.4 Å². The SMILES string of the molecule is Cc1nsc(N2CCC(COc3cnccn3)C2)n1. The summed E-state index contributed by atoms with van der Waals surface area (Å²) >= 11 is 1.46. The molecule has 3 heterocycles. The Bertz CT molecular complexity index is 532. The summed E-state index contributed by atoms with van der Waals surface area (Å²) in [7, 11) is 0. The number of aryl methyl sites for hydroxylation is 1. The third kappa shape index (κ3) is 2.98. The van der Waals surface area contributed by atoms with Crippen molar-refractivity contribution in [1.29, 1.82) is 0 Å². The van der Waals surface area contributed by atoms with Crippen molar-refractivity contribution < 1.29 is 4.74 Å². The van der Waals surface area contributed by atoms with Gasteiger partial charge in [0, 0.05) is 42.9 Å². The van der Waals surface area contributed by atoms with E-state index in [2.05, 4.69) is 24.2 Å². The zero-order valence-corrected chi connectivity index (χ0v) is 11.5. The quantitative estimate of drug-likeness (QED) is 0.844. The third-order valence-corrected chi connectivity index (χ3v) is 3.95. The van der Waals surface area contributed by atoms with Crippen molar-refractivity contribution in [3.8, 4) is 5.88 Å². The van der Waals surface area contributed by atoms with Gasteiger partial charge in [-0.25, -0.2) is 9.97 Å². The lowest BCUT2D eigenvalue weighted by Gasteiger charge is -2.14. The molecule has 1 saturated heterocycles. The largest absolute Gasteiger partial charge is 0.476 e. The molecular weight excluding hydrogens is 262 g/mol. The van der Waals surface area contributed by atoms with E-state index < -0.39 is 0 Å². The van der Waals surface area contributed by atoms with Gasteiger partial charge >= 0.3 is 0 Å². The molecule has 100 valence electrons. The summed E-state index contributed by atoms with van der Waals surface area (Å²) < 4.78 is 9.87. The Morgan fingerprint density at radius 3 is 3.16 bits per heavy atom. The van der Waals surface area contributed by atoms with Crippen molar-refractivity contribution in [2.24, 2.45) is 5.92 Å². The maximum absolute atomic E-state index is 5.65. The van der Waals surface area contributed by atoms with Gasteiger partial charge in [-0.1, -0.05) is 0 Å². The highest BCUT2D eigenvalue weighted by atomic mass is 32.1. The van der Waals surface area contributed by atoms with E-state index in [0.29, 0.717) is 18.4 Å². The van der Waals surface area contributed by atoms with Gasteiger partial charge in [-0.05, 0) is 13.3 Å². The zero-order valence-electron chi connectivity index (χ0n) is 10.7. The summed E-state index contributed by atoms with van der Waals surface area (Å²) in [6, 6.07) is 0. The fraction of sp³-hybridized carbons (Fsp3) is 0.500. The normalized spacial score (nSPS) is 18.8. The second-order valence-electron chi connectivity index (χ2n) is 4.58. The molecule has 3 rings (SSSR count). The first-order valence-corrected chi connectivity index (χ1v) is 7.02. The molecule has 0 radical (unpaired) electrons. The average Bonchev–Trinajstić information content (AvgIpc) is 3.06. The molecule has 19 heavy (non-hydrogen) atoms. The monoisotopic (exact) mass is 277 g/mol. The molecule has 0 aromatic carbocycles. The van der Waals surface area contributed by atoms with Crippen molar-refractivity contribution in [2.45, 2.75) is 13.3 Å². The molecular formula is C12H15N5OS. The Balaban J connectivity index is 1.52. The fourth-order valence-corrected chi connectivity index (χ4v) is 2.83. The molecule has 6 nitrogen and oxygen atoms in total. The first kappa shape index (κ1) is 12.3. The van der Waals surface area contributed by atoms with Gasteiger partial charge in [-0.3, -0.25) is 4.98 Å². The summed E-state index contributed by atoms with van der Waals surface area (Å²) in [6.07, 6.45) is 6.03. The number of anilines is 1. The zero-order chi connectivity index (χ0) is 13.1. The maximum atomic E-state index is 5.65. The van der Waals surface area contributed by atoms with E-state index in [-0.39, 0.29) is 0 Å². The van der Waals surface area contributed by atoms with Crippen LogP contribution in [-0.2, 0) is 0 Å². The van der Waals surface area contributed by atoms with E-state index >= 15 is 0 Å². The summed E-state index contributed by atoms with van der Waals surface area (Å²) in [5.41, 5.74) is 0. The first-order chi connectivity index (χ1) is 9.31. The second-order valence-corrected chi connectivity index (χ2v) is 5.31. The van der Waals surface area contributed by atoms with Crippen molar-refractivity contribution in [1.82, 2.24) is 19.3 Å². The molecule has 7 heteroatoms. The summed E-state index contributed by atoms with van der Waals surface area (Å²) in [4.78, 5) is 14.8. The van der Waals surface area contributed by atoms with Crippen LogP contribution in [0.25, 0.3) is 0 Å². The van der Waals surface area contributed by atoms with Crippen molar-refractivity contribution >= 4 is 16.7 Å². The minimum atomic E-state index is 0.506. The van der Waals surface area contributed by atoms with Gasteiger partial charge in [0.25, 0.3) is 0 Å². The van der Waals surface area contributed by atoms with Crippen LogP contribution in [0.3, 0.4) is 0 Å². The minimum absolute atomic E-state index is 0.506. The molecule has 1 aliphatic heterocycles. The van der Waals surface area contributed by atoms with E-state index in [1.165, 1.54) is 11.5 Å². The van der Waals surface area contributed by atoms with Gasteiger partial charge in [0.2, 0.25) is 11.0 Å². The molecule has 1 atom stereocenters. The number of rotatable bonds is 4. The van der Waals surface area contributed by atoms with Gasteiger partial charge in [0.05, 0.1) is 12.8 Å². The molecule has 0 N–H and O–H groups in total. The maximum Gasteiger partial charge on any atom is 0.232 e. The predicted octanol–water partition coefficient (Wildman–Crippen LogP) is 1.54. The van der Waals surface area contributed by atoms with Gasteiger partial charge in [-0.15, -0.1) is 0 Å². The highest BCUT2D eigenvalue weighted by Gasteiger charge is 2.25. The topological polar surface area (TPSA) is 64.0 Å². The standard InChI is InChI=1S/C12H15N5OS/c1-9-15-12(19-16-9)17-5-2-10(7-17)8-18-11-6-13-3-4-14-11/h3-4,6,10H,2,5,7-8H2,1H3. The molecule has 0 spiro atoms. The van der Waals surface area contributed by atoms with E-state index in [1.54, 1.807) is 18.6 Å². The number of nitrogens with zero attached hydrogens (tertiary/aromatic N) is 5. The molecule has 0 bridgehead atoms. The highest BCUT2D eigenvalue weighted by molar-refractivity contribution is 7.09. The van der Waals surface area contributed by atoms with Crippen LogP contribution in [0.5, 0.6) is 5.88 Å². The Kier molecular flexibility index (Phi) is 3.54. The summed E-state index contributed by atoms with van der Waals surface area (Å²) in [5, 5.41) is 1.01. The fourth-order valence-electron chi connectivity index (χ4n) is 2.12. The first-order valence-electron chi connectivity index (χ1n) is 6.25. The lowest BCUT2D eigenvalue weighted by Crippen LogP contribution is -2.21. The van der Waals surface area contributed by atoms with E-state index in [4.69, 9.17) is 4.74 Å². The molecule has 2 aromatic rings. The molecule has 0 amide bonds. The van der Waals surface area contributed by atoms with E-state index in [0.717, 1.165) is 30.5 Å². The molecule has 1 aliphatic rings. The Labute approximate surface area is 115 Å². The third-order valence-electron chi connectivity index (χ3n) is 3.08. The van der Waals surface area contributed by atoms with E-state index in [1.807, 2.05) is 6.92 Å². The lowest BCUT2D eigenvalue weighted by molar-refractivity contribution is 0.251. The predicted molar refractivity (Wildman–Crippen MR) is 72.5 cm³/mol. The summed E-state index contributed by atoms with van der Waals surface area (Å²) in [6.45, 7) is 4.58. The van der Waals surface area contributed by atoms with Crippen LogP contribution in [0.15, 0.2) is 18.6 Å². The molecule has 1 unspecified atom stereocenters. The summed E-state index contributed by atoms with van der Waals surface area (Å²) in [5.74, 6) is 1.94. The van der Waals surface area contributed by atoms with Crippen molar-refractivity contribution in [2.75, 3.05) is 24.6 Å². The van der Waals surface area contributed by atoms with Crippen LogP contribution in [0, 0.1) is 12.8 Å². The smallest absolute Gasteiger partial charge is 0.232 e. The van der Waals surface area contributed by atoms with Crippen LogP contribution < -0.4 is 9.64 Å². The van der Waals surface area contributed by atoms with Crippen molar-refractivity contribution in [3.63, 3.8) is 0 Å². The minimum Gasteiger partial charge on any atom is -0.476 e. The van der Waals surface area contributed by atoms with Gasteiger partial charge < -0.3 is 9.64 Å². The van der Waals surface area contributed by atoms with E-state index in [9.17, 15) is 0 Å². The number of aromatic nitrogens is 4. The van der Waals surface area contributed by atoms with Crippen LogP contribution in [0.1, 0.15) is 12.2 Å². The van der Waals surface area contributed by atoms with Gasteiger partial charge in [0.15, 0.2) is 0 Å². The molecule has 0 aliphatic carbocycles. The lowest BCUT2D eigenvalue weighted by atomic mass is 10.1. The number of hydrogen-bond donors (Lipinski definition) is 0. The van der Waals surface area contributed by atoms with Crippen LogP contribution >= 0.6 is 11.5 Å². The Morgan fingerprint density at radius 2 is 2.42 bits per heavy atom. The van der Waals surface area contributed by atoms with Crippen LogP contribution in [0.2, 0.25) is 0 Å². The number of ether oxygens (including phenoxy) is 1. The van der Waals surface area contributed by atoms with Crippen LogP contribution in [-0.4, -0.2) is 39.0 Å². The Hall–Kier alpha value is -1.76. The molecule has 2 aromatic heterocycles. The van der Waals surface area contributed by atoms with Gasteiger partial charge in [-0.2, -0.15) is 4.37 Å². The Morgan fingerprint density at radius 1 is 1.47 bits per heavy atom. The number of hydrogen-bond acceptors (Lipinski definition) is 7.